The fourth-order valence-corrected chi connectivity index (χ4v) is 4.32. The molecule has 2 aliphatic heterocycles. The third kappa shape index (κ3) is 3.77. The van der Waals surface area contributed by atoms with E-state index in [1.807, 2.05) is 15.9 Å². The predicted octanol–water partition coefficient (Wildman–Crippen LogP) is 4.41. The molecule has 0 aromatic heterocycles. The number of amides is 1. The van der Waals surface area contributed by atoms with Crippen LogP contribution in [0.3, 0.4) is 0 Å². The van der Waals surface area contributed by atoms with Gasteiger partial charge in [-0.1, -0.05) is 29.8 Å². The van der Waals surface area contributed by atoms with Gasteiger partial charge in [0.25, 0.3) is 5.91 Å². The minimum atomic E-state index is -0.486. The summed E-state index contributed by atoms with van der Waals surface area (Å²) in [6.45, 7) is 2.46. The van der Waals surface area contributed by atoms with Gasteiger partial charge in [-0.15, -0.1) is 0 Å². The normalized spacial score (nSPS) is 18.8. The third-order valence-corrected chi connectivity index (χ3v) is 6.00. The number of rotatable bonds is 2. The van der Waals surface area contributed by atoms with Gasteiger partial charge < -0.3 is 9.80 Å². The average Bonchev–Trinajstić information content (AvgIpc) is 3.06. The molecule has 4 nitrogen and oxygen atoms in total. The zero-order chi connectivity index (χ0) is 19.7. The van der Waals surface area contributed by atoms with E-state index in [4.69, 9.17) is 11.6 Å². The highest BCUT2D eigenvalue weighted by molar-refractivity contribution is 8.18. The van der Waals surface area contributed by atoms with Crippen molar-refractivity contribution in [2.24, 2.45) is 4.99 Å². The molecule has 1 fully saturated rings. The van der Waals surface area contributed by atoms with E-state index >= 15 is 0 Å². The molecule has 0 unspecified atom stereocenters. The largest absolute Gasteiger partial charge is 0.366 e. The Morgan fingerprint density at radius 2 is 1.64 bits per heavy atom. The third-order valence-electron chi connectivity index (χ3n) is 4.63. The van der Waals surface area contributed by atoms with Crippen LogP contribution in [0.5, 0.6) is 0 Å². The maximum Gasteiger partial charge on any atom is 0.286 e. The minimum Gasteiger partial charge on any atom is -0.366 e. The number of aliphatic imine (C=N–C) groups is 1. The number of amidine groups is 1. The molecule has 0 saturated carbocycles. The molecule has 2 aliphatic rings. The first kappa shape index (κ1) is 19.0. The molecule has 2 aromatic carbocycles. The minimum absolute atomic E-state index is 0.181. The van der Waals surface area contributed by atoms with Crippen molar-refractivity contribution in [1.82, 2.24) is 4.90 Å². The van der Waals surface area contributed by atoms with Gasteiger partial charge >= 0.3 is 0 Å². The number of piperazine rings is 1. The topological polar surface area (TPSA) is 35.9 Å². The highest BCUT2D eigenvalue weighted by atomic mass is 35.5. The Balaban J connectivity index is 1.45. The molecule has 4 rings (SSSR count). The average molecular weight is 420 g/mol. The monoisotopic (exact) mass is 419 g/mol. The molecule has 0 bridgehead atoms. The van der Waals surface area contributed by atoms with Gasteiger partial charge in [0.15, 0.2) is 5.17 Å². The van der Waals surface area contributed by atoms with Crippen molar-refractivity contribution in [3.05, 3.63) is 69.6 Å². The van der Waals surface area contributed by atoms with E-state index in [1.165, 1.54) is 36.0 Å². The molecule has 1 saturated heterocycles. The van der Waals surface area contributed by atoms with E-state index < -0.39 is 11.7 Å². The van der Waals surface area contributed by atoms with Crippen LogP contribution in [0.25, 0.3) is 6.08 Å². The number of anilines is 1. The quantitative estimate of drug-likeness (QED) is 0.675. The summed E-state index contributed by atoms with van der Waals surface area (Å²) in [5, 5.41) is 0.824. The van der Waals surface area contributed by atoms with Crippen LogP contribution in [0, 0.1) is 11.6 Å². The van der Waals surface area contributed by atoms with Gasteiger partial charge in [-0.2, -0.15) is 4.99 Å². The number of hydrogen-bond acceptors (Lipinski definition) is 4. The molecule has 0 N–H and O–H groups in total. The number of benzene rings is 2. The molecule has 2 heterocycles. The number of hydrogen-bond donors (Lipinski definition) is 0. The number of para-hydroxylation sites is 1. The second kappa shape index (κ2) is 7.93. The fraction of sp³-hybridized carbons (Fsp3) is 0.200. The van der Waals surface area contributed by atoms with Crippen molar-refractivity contribution in [2.45, 2.75) is 0 Å². The highest BCUT2D eigenvalue weighted by Gasteiger charge is 2.29. The van der Waals surface area contributed by atoms with Crippen LogP contribution >= 0.6 is 23.4 Å². The molecule has 8 heteroatoms. The molecule has 0 atom stereocenters. The molecule has 0 spiro atoms. The smallest absolute Gasteiger partial charge is 0.286 e. The summed E-state index contributed by atoms with van der Waals surface area (Å²) in [7, 11) is 0. The Morgan fingerprint density at radius 3 is 2.36 bits per heavy atom. The van der Waals surface area contributed by atoms with Crippen molar-refractivity contribution in [3.8, 4) is 0 Å². The summed E-state index contributed by atoms with van der Waals surface area (Å²) in [4.78, 5) is 20.7. The van der Waals surface area contributed by atoms with Crippen LogP contribution in [0.2, 0.25) is 5.02 Å². The Hall–Kier alpha value is -2.38. The van der Waals surface area contributed by atoms with Gasteiger partial charge in [-0.05, 0) is 42.1 Å². The molecule has 144 valence electrons. The molecular formula is C20H16ClF2N3OS. The highest BCUT2D eigenvalue weighted by Crippen LogP contribution is 2.33. The summed E-state index contributed by atoms with van der Waals surface area (Å²) in [5.41, 5.74) is 0.759. The number of thioether (sulfide) groups is 1. The standard InChI is InChI=1S/C20H16ClF2N3OS/c21-14-4-3-6-15(22)13(14)12-18-19(27)24-20(28-18)26-10-8-25(9-11-26)17-7-2-1-5-16(17)23/h1-7,12H,8-11H2/b18-12-. The van der Waals surface area contributed by atoms with E-state index in [9.17, 15) is 13.6 Å². The fourth-order valence-electron chi connectivity index (χ4n) is 3.16. The van der Waals surface area contributed by atoms with Gasteiger partial charge in [-0.3, -0.25) is 4.79 Å². The predicted molar refractivity (Wildman–Crippen MR) is 110 cm³/mol. The first-order chi connectivity index (χ1) is 13.5. The lowest BCUT2D eigenvalue weighted by molar-refractivity contribution is -0.113. The van der Waals surface area contributed by atoms with Crippen LogP contribution in [0.15, 0.2) is 52.4 Å². The van der Waals surface area contributed by atoms with Gasteiger partial charge in [0.05, 0.1) is 15.6 Å². The van der Waals surface area contributed by atoms with Crippen molar-refractivity contribution in [2.75, 3.05) is 31.1 Å². The first-order valence-electron chi connectivity index (χ1n) is 8.74. The van der Waals surface area contributed by atoms with E-state index in [1.54, 1.807) is 18.2 Å². The lowest BCUT2D eigenvalue weighted by Gasteiger charge is -2.36. The summed E-state index contributed by atoms with van der Waals surface area (Å²) in [6.07, 6.45) is 1.44. The van der Waals surface area contributed by atoms with E-state index in [0.717, 1.165) is 0 Å². The molecule has 28 heavy (non-hydrogen) atoms. The second-order valence-electron chi connectivity index (χ2n) is 6.37. The molecule has 0 radical (unpaired) electrons. The molecule has 1 amide bonds. The van der Waals surface area contributed by atoms with E-state index in [-0.39, 0.29) is 16.4 Å². The molecule has 2 aromatic rings. The van der Waals surface area contributed by atoms with Crippen LogP contribution in [-0.4, -0.2) is 42.2 Å². The SMILES string of the molecule is O=C1N=C(N2CCN(c3ccccc3F)CC2)S/C1=C\c1c(F)cccc1Cl. The zero-order valence-corrected chi connectivity index (χ0v) is 16.3. The number of carbonyl (C=O) groups excluding carboxylic acids is 1. The van der Waals surface area contributed by atoms with Crippen LogP contribution in [0.1, 0.15) is 5.56 Å². The van der Waals surface area contributed by atoms with Gasteiger partial charge in [0, 0.05) is 31.7 Å². The summed E-state index contributed by atoms with van der Waals surface area (Å²) < 4.78 is 28.0. The molecule has 0 aliphatic carbocycles. The molecular weight excluding hydrogens is 404 g/mol. The van der Waals surface area contributed by atoms with Crippen LogP contribution in [-0.2, 0) is 4.79 Å². The Bertz CT molecular complexity index is 967. The lowest BCUT2D eigenvalue weighted by Crippen LogP contribution is -2.48. The Kier molecular flexibility index (Phi) is 5.37. The Morgan fingerprint density at radius 1 is 0.964 bits per heavy atom. The number of halogens is 3. The van der Waals surface area contributed by atoms with Crippen molar-refractivity contribution in [1.29, 1.82) is 0 Å². The van der Waals surface area contributed by atoms with Gasteiger partial charge in [0.1, 0.15) is 11.6 Å². The van der Waals surface area contributed by atoms with E-state index in [2.05, 4.69) is 4.99 Å². The summed E-state index contributed by atoms with van der Waals surface area (Å²) >= 11 is 7.25. The maximum atomic E-state index is 14.0. The first-order valence-corrected chi connectivity index (χ1v) is 9.93. The number of carbonyl (C=O) groups is 1. The summed E-state index contributed by atoms with van der Waals surface area (Å²) in [5.74, 6) is -1.14. The van der Waals surface area contributed by atoms with Crippen molar-refractivity contribution >= 4 is 46.2 Å². The summed E-state index contributed by atoms with van der Waals surface area (Å²) in [6, 6.07) is 11.1. The van der Waals surface area contributed by atoms with Crippen LogP contribution in [0.4, 0.5) is 14.5 Å². The van der Waals surface area contributed by atoms with Crippen LogP contribution < -0.4 is 4.90 Å². The second-order valence-corrected chi connectivity index (χ2v) is 7.79. The van der Waals surface area contributed by atoms with Crippen molar-refractivity contribution < 1.29 is 13.6 Å². The zero-order valence-electron chi connectivity index (χ0n) is 14.7. The van der Waals surface area contributed by atoms with Gasteiger partial charge in [0.2, 0.25) is 0 Å². The van der Waals surface area contributed by atoms with Crippen molar-refractivity contribution in [3.63, 3.8) is 0 Å². The van der Waals surface area contributed by atoms with E-state index in [0.29, 0.717) is 41.9 Å². The Labute approximate surface area is 170 Å². The lowest BCUT2D eigenvalue weighted by atomic mass is 10.2. The maximum absolute atomic E-state index is 14.0. The van der Waals surface area contributed by atoms with Gasteiger partial charge in [-0.25, -0.2) is 8.78 Å². The number of nitrogens with zero attached hydrogens (tertiary/aromatic N) is 3.